The summed E-state index contributed by atoms with van der Waals surface area (Å²) in [5.41, 5.74) is -0.637. The number of carbonyl (C=O) groups is 1. The third kappa shape index (κ3) is 3.66. The molecule has 1 rings (SSSR count). The zero-order valence-corrected chi connectivity index (χ0v) is 10.9. The maximum atomic E-state index is 12.9. The lowest BCUT2D eigenvalue weighted by Crippen LogP contribution is -2.23. The molecule has 0 heterocycles. The van der Waals surface area contributed by atoms with Crippen molar-refractivity contribution in [1.82, 2.24) is 0 Å². The Balaban J connectivity index is 3.13. The molecule has 0 amide bonds. The van der Waals surface area contributed by atoms with Crippen molar-refractivity contribution in [1.29, 1.82) is 0 Å². The highest BCUT2D eigenvalue weighted by Crippen LogP contribution is 2.36. The van der Waals surface area contributed by atoms with Crippen molar-refractivity contribution in [2.24, 2.45) is 0 Å². The summed E-state index contributed by atoms with van der Waals surface area (Å²) in [5.74, 6) is 0.739. The first-order chi connectivity index (χ1) is 8.40. The van der Waals surface area contributed by atoms with Crippen molar-refractivity contribution in [3.05, 3.63) is 29.3 Å². The number of benzene rings is 1. The molecule has 0 aliphatic carbocycles. The molecular formula is C12H14F3NOS. The second-order valence-corrected chi connectivity index (χ2v) is 4.79. The van der Waals surface area contributed by atoms with E-state index >= 15 is 0 Å². The largest absolute Gasteiger partial charge is 0.418 e. The first kappa shape index (κ1) is 14.9. The van der Waals surface area contributed by atoms with Gasteiger partial charge in [-0.2, -0.15) is 24.9 Å². The predicted octanol–water partition coefficient (Wildman–Crippen LogP) is 3.32. The molecule has 1 aromatic rings. The molecule has 0 N–H and O–H groups in total. The number of alkyl halides is 3. The van der Waals surface area contributed by atoms with Crippen molar-refractivity contribution < 1.29 is 18.0 Å². The fourth-order valence-electron chi connectivity index (χ4n) is 1.54. The van der Waals surface area contributed by atoms with E-state index in [0.29, 0.717) is 12.8 Å². The number of carbonyl (C=O) groups excluding carboxylic acids is 1. The van der Waals surface area contributed by atoms with E-state index in [-0.39, 0.29) is 11.3 Å². The number of hydrogen-bond acceptors (Lipinski definition) is 3. The molecule has 0 saturated carbocycles. The van der Waals surface area contributed by atoms with Crippen LogP contribution in [0.1, 0.15) is 15.9 Å². The van der Waals surface area contributed by atoms with Gasteiger partial charge in [0, 0.05) is 30.6 Å². The van der Waals surface area contributed by atoms with Crippen LogP contribution in [-0.4, -0.2) is 31.9 Å². The highest BCUT2D eigenvalue weighted by molar-refractivity contribution is 7.98. The Morgan fingerprint density at radius 3 is 2.56 bits per heavy atom. The fourth-order valence-corrected chi connectivity index (χ4v) is 1.99. The average Bonchev–Trinajstić information content (AvgIpc) is 2.34. The molecular weight excluding hydrogens is 263 g/mol. The van der Waals surface area contributed by atoms with E-state index in [4.69, 9.17) is 0 Å². The molecule has 0 spiro atoms. The summed E-state index contributed by atoms with van der Waals surface area (Å²) in [6.07, 6.45) is -2.14. The number of hydrogen-bond donors (Lipinski definition) is 0. The van der Waals surface area contributed by atoms with Gasteiger partial charge in [0.05, 0.1) is 5.56 Å². The maximum absolute atomic E-state index is 12.9. The van der Waals surface area contributed by atoms with Crippen LogP contribution in [0.25, 0.3) is 0 Å². The minimum Gasteiger partial charge on any atom is -0.373 e. The highest BCUT2D eigenvalue weighted by Gasteiger charge is 2.34. The fraction of sp³-hybridized carbons (Fsp3) is 0.417. The lowest BCUT2D eigenvalue weighted by molar-refractivity contribution is -0.137. The first-order valence-electron chi connectivity index (χ1n) is 5.26. The molecule has 0 aliphatic rings. The van der Waals surface area contributed by atoms with Gasteiger partial charge in [-0.25, -0.2) is 0 Å². The number of nitrogens with zero attached hydrogens (tertiary/aromatic N) is 1. The smallest absolute Gasteiger partial charge is 0.373 e. The summed E-state index contributed by atoms with van der Waals surface area (Å²) in [6.45, 7) is 0.519. The summed E-state index contributed by atoms with van der Waals surface area (Å²) in [6, 6.07) is 3.62. The molecule has 0 aliphatic heterocycles. The summed E-state index contributed by atoms with van der Waals surface area (Å²) in [5, 5.41) is 0. The average molecular weight is 277 g/mol. The van der Waals surface area contributed by atoms with E-state index in [9.17, 15) is 18.0 Å². The van der Waals surface area contributed by atoms with Gasteiger partial charge in [0.15, 0.2) is 0 Å². The normalized spacial score (nSPS) is 11.4. The van der Waals surface area contributed by atoms with Gasteiger partial charge in [-0.1, -0.05) is 0 Å². The van der Waals surface area contributed by atoms with Crippen molar-refractivity contribution in [3.8, 4) is 0 Å². The van der Waals surface area contributed by atoms with Gasteiger partial charge >= 0.3 is 6.18 Å². The van der Waals surface area contributed by atoms with E-state index in [2.05, 4.69) is 0 Å². The van der Waals surface area contributed by atoms with Crippen LogP contribution in [0, 0.1) is 0 Å². The quantitative estimate of drug-likeness (QED) is 0.770. The molecule has 1 aromatic carbocycles. The summed E-state index contributed by atoms with van der Waals surface area (Å²) in [7, 11) is 1.61. The Morgan fingerprint density at radius 1 is 1.39 bits per heavy atom. The van der Waals surface area contributed by atoms with Crippen LogP contribution in [0.2, 0.25) is 0 Å². The van der Waals surface area contributed by atoms with Gasteiger partial charge in [-0.05, 0) is 24.5 Å². The van der Waals surface area contributed by atoms with Gasteiger partial charge < -0.3 is 4.90 Å². The second-order valence-electron chi connectivity index (χ2n) is 3.81. The van der Waals surface area contributed by atoms with Crippen molar-refractivity contribution in [3.63, 3.8) is 0 Å². The van der Waals surface area contributed by atoms with Gasteiger partial charge in [0.2, 0.25) is 0 Å². The lowest BCUT2D eigenvalue weighted by Gasteiger charge is -2.23. The summed E-state index contributed by atoms with van der Waals surface area (Å²) in [4.78, 5) is 12.1. The number of rotatable bonds is 5. The topological polar surface area (TPSA) is 20.3 Å². The summed E-state index contributed by atoms with van der Waals surface area (Å²) < 4.78 is 38.7. The van der Waals surface area contributed by atoms with Crippen LogP contribution in [0.3, 0.4) is 0 Å². The Hall–Kier alpha value is -1.17. The molecule has 6 heteroatoms. The van der Waals surface area contributed by atoms with Crippen LogP contribution < -0.4 is 4.90 Å². The van der Waals surface area contributed by atoms with Gasteiger partial charge in [0.1, 0.15) is 6.29 Å². The van der Waals surface area contributed by atoms with Crippen LogP contribution in [0.15, 0.2) is 18.2 Å². The molecule has 0 radical (unpaired) electrons. The Kier molecular flexibility index (Phi) is 5.07. The SMILES string of the molecule is CSCCN(C)c1ccc(C=O)cc1C(F)(F)F. The van der Waals surface area contributed by atoms with Gasteiger partial charge in [-0.15, -0.1) is 0 Å². The van der Waals surface area contributed by atoms with E-state index in [1.807, 2.05) is 6.26 Å². The van der Waals surface area contributed by atoms with Crippen molar-refractivity contribution >= 4 is 23.7 Å². The lowest BCUT2D eigenvalue weighted by atomic mass is 10.1. The zero-order chi connectivity index (χ0) is 13.8. The van der Waals surface area contributed by atoms with Crippen LogP contribution in [0.5, 0.6) is 0 Å². The van der Waals surface area contributed by atoms with E-state index < -0.39 is 11.7 Å². The molecule has 100 valence electrons. The molecule has 18 heavy (non-hydrogen) atoms. The van der Waals surface area contributed by atoms with Crippen molar-refractivity contribution in [2.45, 2.75) is 6.18 Å². The number of aldehydes is 1. The van der Waals surface area contributed by atoms with E-state index in [0.717, 1.165) is 11.8 Å². The first-order valence-corrected chi connectivity index (χ1v) is 6.66. The zero-order valence-electron chi connectivity index (χ0n) is 10.1. The van der Waals surface area contributed by atoms with Crippen LogP contribution in [-0.2, 0) is 6.18 Å². The van der Waals surface area contributed by atoms with E-state index in [1.165, 1.54) is 12.1 Å². The Bertz CT molecular complexity index is 420. The summed E-state index contributed by atoms with van der Waals surface area (Å²) >= 11 is 1.57. The van der Waals surface area contributed by atoms with Gasteiger partial charge in [-0.3, -0.25) is 4.79 Å². The number of anilines is 1. The Morgan fingerprint density at radius 2 is 2.06 bits per heavy atom. The third-order valence-corrected chi connectivity index (χ3v) is 3.09. The third-order valence-electron chi connectivity index (χ3n) is 2.50. The van der Waals surface area contributed by atoms with E-state index in [1.54, 1.807) is 23.7 Å². The molecule has 0 fully saturated rings. The molecule has 0 aromatic heterocycles. The monoisotopic (exact) mass is 277 g/mol. The minimum atomic E-state index is -4.46. The second kappa shape index (κ2) is 6.13. The van der Waals surface area contributed by atoms with Crippen molar-refractivity contribution in [2.75, 3.05) is 30.5 Å². The predicted molar refractivity (Wildman–Crippen MR) is 68.5 cm³/mol. The molecule has 2 nitrogen and oxygen atoms in total. The molecule has 0 atom stereocenters. The maximum Gasteiger partial charge on any atom is 0.418 e. The molecule has 0 saturated heterocycles. The molecule has 0 unspecified atom stereocenters. The standard InChI is InChI=1S/C12H14F3NOS/c1-16(5-6-18-2)11-4-3-9(8-17)7-10(11)12(13,14)15/h3-4,7-8H,5-6H2,1-2H3. The number of thioether (sulfide) groups is 1. The van der Waals surface area contributed by atoms with Crippen LogP contribution >= 0.6 is 11.8 Å². The van der Waals surface area contributed by atoms with Crippen LogP contribution in [0.4, 0.5) is 18.9 Å². The minimum absolute atomic E-state index is 0.0318. The Labute approximate surface area is 108 Å². The molecule has 0 bridgehead atoms. The number of halogens is 3. The van der Waals surface area contributed by atoms with Gasteiger partial charge in [0.25, 0.3) is 0 Å². The highest BCUT2D eigenvalue weighted by atomic mass is 32.2.